The molecule has 2 aromatic rings. The fraction of sp³-hybridized carbons (Fsp3) is 0.409. The van der Waals surface area contributed by atoms with E-state index < -0.39 is 6.04 Å². The van der Waals surface area contributed by atoms with Gasteiger partial charge in [0.25, 0.3) is 5.91 Å². The summed E-state index contributed by atoms with van der Waals surface area (Å²) in [4.78, 5) is 31.6. The Morgan fingerprint density at radius 2 is 2.07 bits per heavy atom. The zero-order valence-corrected chi connectivity index (χ0v) is 18.2. The van der Waals surface area contributed by atoms with Gasteiger partial charge in [0.2, 0.25) is 11.8 Å². The first-order valence-electron chi connectivity index (χ1n) is 10.0. The van der Waals surface area contributed by atoms with Crippen molar-refractivity contribution >= 4 is 27.7 Å². The van der Waals surface area contributed by atoms with Gasteiger partial charge in [0.05, 0.1) is 6.61 Å². The maximum Gasteiger partial charge on any atom is 0.254 e. The molecule has 1 aliphatic heterocycles. The van der Waals surface area contributed by atoms with Gasteiger partial charge >= 0.3 is 0 Å². The van der Waals surface area contributed by atoms with Gasteiger partial charge in [-0.2, -0.15) is 0 Å². The Morgan fingerprint density at radius 3 is 2.83 bits per heavy atom. The summed E-state index contributed by atoms with van der Waals surface area (Å²) in [6.07, 6.45) is 5.17. The van der Waals surface area contributed by atoms with E-state index in [4.69, 9.17) is 4.74 Å². The number of carbonyl (C=O) groups is 2. The third-order valence-electron chi connectivity index (χ3n) is 4.95. The second-order valence-corrected chi connectivity index (χ2v) is 7.97. The molecule has 1 aromatic heterocycles. The summed E-state index contributed by atoms with van der Waals surface area (Å²) in [6, 6.07) is 10.5. The molecule has 1 aliphatic rings. The average Bonchev–Trinajstić information content (AvgIpc) is 3.23. The van der Waals surface area contributed by atoms with Gasteiger partial charge in [0.1, 0.15) is 6.04 Å². The number of hydrogen-bond donors (Lipinski definition) is 1. The topological polar surface area (TPSA) is 71.5 Å². The summed E-state index contributed by atoms with van der Waals surface area (Å²) in [6.45, 7) is 3.62. The van der Waals surface area contributed by atoms with Gasteiger partial charge in [-0.25, -0.2) is 4.98 Å². The molecule has 1 aromatic carbocycles. The average molecular weight is 460 g/mol. The highest BCUT2D eigenvalue weighted by atomic mass is 79.9. The van der Waals surface area contributed by atoms with E-state index in [2.05, 4.69) is 33.2 Å². The van der Waals surface area contributed by atoms with Crippen LogP contribution < -0.4 is 10.1 Å². The normalized spacial score (nSPS) is 15.9. The van der Waals surface area contributed by atoms with Crippen LogP contribution in [0.2, 0.25) is 0 Å². The number of nitrogens with one attached hydrogen (secondary N) is 1. The Morgan fingerprint density at radius 1 is 1.28 bits per heavy atom. The van der Waals surface area contributed by atoms with Crippen LogP contribution in [-0.4, -0.2) is 40.9 Å². The van der Waals surface area contributed by atoms with Crippen molar-refractivity contribution in [2.45, 2.75) is 45.2 Å². The van der Waals surface area contributed by atoms with Crippen molar-refractivity contribution in [2.24, 2.45) is 0 Å². The number of benzene rings is 1. The first-order valence-corrected chi connectivity index (χ1v) is 10.8. The highest BCUT2D eigenvalue weighted by Crippen LogP contribution is 2.22. The van der Waals surface area contributed by atoms with Gasteiger partial charge in [-0.3, -0.25) is 9.59 Å². The van der Waals surface area contributed by atoms with Crippen molar-refractivity contribution < 1.29 is 14.3 Å². The summed E-state index contributed by atoms with van der Waals surface area (Å²) in [7, 11) is 0. The number of ether oxygens (including phenoxy) is 1. The van der Waals surface area contributed by atoms with Crippen LogP contribution in [0.4, 0.5) is 0 Å². The predicted octanol–water partition coefficient (Wildman–Crippen LogP) is 3.94. The van der Waals surface area contributed by atoms with E-state index in [1.54, 1.807) is 23.2 Å². The number of aromatic nitrogens is 1. The number of unbranched alkanes of at least 4 members (excludes halogenated alkanes) is 1. The number of pyridine rings is 1. The Labute approximate surface area is 179 Å². The lowest BCUT2D eigenvalue weighted by molar-refractivity contribution is -0.125. The van der Waals surface area contributed by atoms with Crippen molar-refractivity contribution in [3.8, 4) is 5.88 Å². The van der Waals surface area contributed by atoms with Gasteiger partial charge in [0.15, 0.2) is 0 Å². The van der Waals surface area contributed by atoms with Crippen molar-refractivity contribution in [1.29, 1.82) is 0 Å². The quantitative estimate of drug-likeness (QED) is 0.606. The van der Waals surface area contributed by atoms with Crippen molar-refractivity contribution in [1.82, 2.24) is 15.2 Å². The summed E-state index contributed by atoms with van der Waals surface area (Å²) in [5.74, 6) is 0.298. The Hall–Kier alpha value is -2.41. The number of nitrogens with zero attached hydrogens (tertiary/aromatic N) is 2. The largest absolute Gasteiger partial charge is 0.477 e. The van der Waals surface area contributed by atoms with Crippen LogP contribution in [0.5, 0.6) is 5.88 Å². The van der Waals surface area contributed by atoms with E-state index in [1.165, 1.54) is 0 Å². The number of likely N-dealkylation sites (tertiary alicyclic amines) is 1. The van der Waals surface area contributed by atoms with Crippen molar-refractivity contribution in [3.05, 3.63) is 58.2 Å². The Balaban J connectivity index is 1.61. The minimum Gasteiger partial charge on any atom is -0.477 e. The van der Waals surface area contributed by atoms with E-state index >= 15 is 0 Å². The lowest BCUT2D eigenvalue weighted by atomic mass is 10.1. The summed E-state index contributed by atoms with van der Waals surface area (Å²) in [5.41, 5.74) is 1.42. The molecular formula is C22H26BrN3O3. The van der Waals surface area contributed by atoms with Crippen LogP contribution in [-0.2, 0) is 11.3 Å². The van der Waals surface area contributed by atoms with Crippen LogP contribution in [0.3, 0.4) is 0 Å². The monoisotopic (exact) mass is 459 g/mol. The molecule has 0 spiro atoms. The number of amides is 2. The minimum atomic E-state index is -0.452. The number of rotatable bonds is 8. The summed E-state index contributed by atoms with van der Waals surface area (Å²) < 4.78 is 6.65. The predicted molar refractivity (Wildman–Crippen MR) is 115 cm³/mol. The van der Waals surface area contributed by atoms with Gasteiger partial charge < -0.3 is 15.0 Å². The zero-order valence-electron chi connectivity index (χ0n) is 16.6. The highest BCUT2D eigenvalue weighted by Gasteiger charge is 2.34. The van der Waals surface area contributed by atoms with E-state index in [0.29, 0.717) is 37.6 Å². The first kappa shape index (κ1) is 21.3. The molecule has 0 radical (unpaired) electrons. The zero-order chi connectivity index (χ0) is 20.6. The van der Waals surface area contributed by atoms with Crippen LogP contribution in [0.15, 0.2) is 47.1 Å². The van der Waals surface area contributed by atoms with Crippen LogP contribution >= 0.6 is 15.9 Å². The van der Waals surface area contributed by atoms with Gasteiger partial charge in [-0.15, -0.1) is 0 Å². The third kappa shape index (κ3) is 5.56. The SMILES string of the molecule is CCCCOc1ncccc1CNC(=O)C1CCCN1C(=O)c1ccc(Br)cc1. The smallest absolute Gasteiger partial charge is 0.254 e. The molecule has 7 heteroatoms. The van der Waals surface area contributed by atoms with E-state index in [0.717, 1.165) is 29.3 Å². The molecular weight excluding hydrogens is 434 g/mol. The standard InChI is InChI=1S/C22H26BrN3O3/c1-2-3-14-29-21-17(6-4-12-24-21)15-25-20(27)19-7-5-13-26(19)22(28)16-8-10-18(23)11-9-16/h4,6,8-12,19H,2-3,5,7,13-15H2,1H3,(H,25,27). The molecule has 2 heterocycles. The van der Waals surface area contributed by atoms with Gasteiger partial charge in [-0.1, -0.05) is 35.3 Å². The molecule has 3 rings (SSSR count). The molecule has 0 saturated carbocycles. The fourth-order valence-corrected chi connectivity index (χ4v) is 3.61. The molecule has 1 saturated heterocycles. The van der Waals surface area contributed by atoms with Crippen LogP contribution in [0.1, 0.15) is 48.5 Å². The molecule has 2 amide bonds. The molecule has 0 bridgehead atoms. The van der Waals surface area contributed by atoms with Crippen molar-refractivity contribution in [3.63, 3.8) is 0 Å². The molecule has 1 unspecified atom stereocenters. The minimum absolute atomic E-state index is 0.111. The Bertz CT molecular complexity index is 841. The highest BCUT2D eigenvalue weighted by molar-refractivity contribution is 9.10. The van der Waals surface area contributed by atoms with Gasteiger partial charge in [0, 0.05) is 34.9 Å². The number of carbonyl (C=O) groups excluding carboxylic acids is 2. The van der Waals surface area contributed by atoms with E-state index in [9.17, 15) is 9.59 Å². The maximum absolute atomic E-state index is 12.8. The molecule has 1 N–H and O–H groups in total. The second kappa shape index (κ2) is 10.4. The fourth-order valence-electron chi connectivity index (χ4n) is 3.34. The lowest BCUT2D eigenvalue weighted by Gasteiger charge is -2.24. The third-order valence-corrected chi connectivity index (χ3v) is 5.48. The number of halogens is 1. The summed E-state index contributed by atoms with van der Waals surface area (Å²) >= 11 is 3.38. The molecule has 6 nitrogen and oxygen atoms in total. The number of hydrogen-bond acceptors (Lipinski definition) is 4. The molecule has 29 heavy (non-hydrogen) atoms. The first-order chi connectivity index (χ1) is 14.1. The second-order valence-electron chi connectivity index (χ2n) is 7.05. The Kier molecular flexibility index (Phi) is 7.63. The molecule has 1 fully saturated rings. The molecule has 154 valence electrons. The van der Waals surface area contributed by atoms with Crippen molar-refractivity contribution in [2.75, 3.05) is 13.2 Å². The maximum atomic E-state index is 12.8. The van der Waals surface area contributed by atoms with E-state index in [1.807, 2.05) is 24.3 Å². The van der Waals surface area contributed by atoms with Gasteiger partial charge in [-0.05, 0) is 49.6 Å². The van der Waals surface area contributed by atoms with E-state index in [-0.39, 0.29) is 11.8 Å². The molecule has 0 aliphatic carbocycles. The van der Waals surface area contributed by atoms with Crippen LogP contribution in [0, 0.1) is 0 Å². The lowest BCUT2D eigenvalue weighted by Crippen LogP contribution is -2.45. The molecule has 1 atom stereocenters. The van der Waals surface area contributed by atoms with Crippen LogP contribution in [0.25, 0.3) is 0 Å². The summed E-state index contributed by atoms with van der Waals surface area (Å²) in [5, 5.41) is 2.96.